The highest BCUT2D eigenvalue weighted by Gasteiger charge is 2.41. The van der Waals surface area contributed by atoms with E-state index in [9.17, 15) is 20.1 Å². The van der Waals surface area contributed by atoms with Gasteiger partial charge in [-0.2, -0.15) is 11.8 Å². The number of benzene rings is 1. The lowest BCUT2D eigenvalue weighted by atomic mass is 10.0. The summed E-state index contributed by atoms with van der Waals surface area (Å²) >= 11 is 7.35. The number of halogens is 1. The number of aliphatic carboxylic acids is 1. The van der Waals surface area contributed by atoms with Gasteiger partial charge in [0, 0.05) is 34.8 Å². The molecule has 2 rings (SSSR count). The van der Waals surface area contributed by atoms with E-state index in [1.165, 1.54) is 11.8 Å². The van der Waals surface area contributed by atoms with Crippen molar-refractivity contribution in [3.05, 3.63) is 41.4 Å². The van der Waals surface area contributed by atoms with E-state index in [0.29, 0.717) is 42.2 Å². The lowest BCUT2D eigenvalue weighted by Gasteiger charge is -2.23. The minimum Gasteiger partial charge on any atom is -0.491 e. The number of unbranched alkanes of at least 4 members (excludes halogenated alkanes) is 1. The van der Waals surface area contributed by atoms with E-state index < -0.39 is 24.3 Å². The average molecular weight is 445 g/mol. The Morgan fingerprint density at radius 2 is 2.10 bits per heavy atom. The van der Waals surface area contributed by atoms with Crippen LogP contribution in [0.4, 0.5) is 0 Å². The zero-order chi connectivity index (χ0) is 21.2. The smallest absolute Gasteiger partial charge is 0.303 e. The lowest BCUT2D eigenvalue weighted by Crippen LogP contribution is -2.28. The molecule has 0 aromatic heterocycles. The highest BCUT2D eigenvalue weighted by atomic mass is 35.5. The largest absolute Gasteiger partial charge is 0.491 e. The normalized spacial score (nSPS) is 25.4. The molecule has 1 saturated carbocycles. The Hall–Kier alpha value is -1.25. The van der Waals surface area contributed by atoms with Gasteiger partial charge in [0.05, 0.1) is 18.3 Å². The number of carboxylic acids is 1. The first-order valence-electron chi connectivity index (χ1n) is 9.77. The first-order chi connectivity index (χ1) is 13.9. The third-order valence-electron chi connectivity index (χ3n) is 4.83. The van der Waals surface area contributed by atoms with Crippen LogP contribution in [0.25, 0.3) is 0 Å². The summed E-state index contributed by atoms with van der Waals surface area (Å²) in [4.78, 5) is 10.5. The molecule has 1 aliphatic rings. The summed E-state index contributed by atoms with van der Waals surface area (Å²) in [5, 5.41) is 39.8. The maximum absolute atomic E-state index is 10.5. The van der Waals surface area contributed by atoms with Crippen LogP contribution in [0.15, 0.2) is 36.4 Å². The number of rotatable bonds is 12. The summed E-state index contributed by atoms with van der Waals surface area (Å²) in [6.45, 7) is 0.118. The summed E-state index contributed by atoms with van der Waals surface area (Å²) in [5.41, 5.74) is 0. The molecule has 0 aliphatic heterocycles. The van der Waals surface area contributed by atoms with Gasteiger partial charge >= 0.3 is 5.97 Å². The van der Waals surface area contributed by atoms with Crippen molar-refractivity contribution in [1.82, 2.24) is 0 Å². The van der Waals surface area contributed by atoms with Crippen LogP contribution < -0.4 is 4.74 Å². The Morgan fingerprint density at radius 1 is 1.31 bits per heavy atom. The van der Waals surface area contributed by atoms with Crippen molar-refractivity contribution in [2.24, 2.45) is 5.92 Å². The molecule has 0 radical (unpaired) electrons. The lowest BCUT2D eigenvalue weighted by molar-refractivity contribution is -0.137. The topological polar surface area (TPSA) is 107 Å². The molecule has 4 N–H and O–H groups in total. The second kappa shape index (κ2) is 12.4. The summed E-state index contributed by atoms with van der Waals surface area (Å²) in [6, 6.07) is 6.96. The van der Waals surface area contributed by atoms with Crippen molar-refractivity contribution >= 4 is 29.3 Å². The maximum Gasteiger partial charge on any atom is 0.303 e. The number of carboxylic acid groups (broad SMARTS) is 1. The van der Waals surface area contributed by atoms with Gasteiger partial charge in [-0.15, -0.1) is 0 Å². The molecule has 0 saturated heterocycles. The molecule has 1 unspecified atom stereocenters. The van der Waals surface area contributed by atoms with E-state index in [4.69, 9.17) is 21.4 Å². The van der Waals surface area contributed by atoms with Crippen molar-refractivity contribution in [3.8, 4) is 5.75 Å². The van der Waals surface area contributed by atoms with Gasteiger partial charge in [-0.25, -0.2) is 0 Å². The number of ether oxygens (including phenoxy) is 1. The molecule has 0 bridgehead atoms. The van der Waals surface area contributed by atoms with Gasteiger partial charge in [-0.05, 0) is 37.5 Å². The maximum atomic E-state index is 10.5. The number of aliphatic hydroxyl groups is 3. The van der Waals surface area contributed by atoms with Gasteiger partial charge in [0.25, 0.3) is 0 Å². The molecule has 29 heavy (non-hydrogen) atoms. The van der Waals surface area contributed by atoms with Gasteiger partial charge in [-0.1, -0.05) is 29.8 Å². The zero-order valence-corrected chi connectivity index (χ0v) is 17.8. The predicted molar refractivity (Wildman–Crippen MR) is 115 cm³/mol. The van der Waals surface area contributed by atoms with Gasteiger partial charge in [0.15, 0.2) is 0 Å². The van der Waals surface area contributed by atoms with E-state index in [2.05, 4.69) is 0 Å². The fourth-order valence-electron chi connectivity index (χ4n) is 3.35. The molecular formula is C21H29ClO6S. The summed E-state index contributed by atoms with van der Waals surface area (Å²) in [5.74, 6) is 0.0612. The van der Waals surface area contributed by atoms with Gasteiger partial charge < -0.3 is 25.2 Å². The third kappa shape index (κ3) is 8.56. The van der Waals surface area contributed by atoms with Gasteiger partial charge in [0.1, 0.15) is 12.4 Å². The van der Waals surface area contributed by atoms with Crippen LogP contribution in [0.1, 0.15) is 32.1 Å². The Bertz CT molecular complexity index is 670. The third-order valence-corrected chi connectivity index (χ3v) is 6.70. The Balaban J connectivity index is 1.75. The number of allylic oxidation sites excluding steroid dienone is 2. The molecule has 0 spiro atoms. The summed E-state index contributed by atoms with van der Waals surface area (Å²) in [7, 11) is 0. The second-order valence-electron chi connectivity index (χ2n) is 7.25. The second-order valence-corrected chi connectivity index (χ2v) is 8.89. The van der Waals surface area contributed by atoms with Gasteiger partial charge in [0.2, 0.25) is 0 Å². The van der Waals surface area contributed by atoms with Crippen LogP contribution >= 0.6 is 23.4 Å². The van der Waals surface area contributed by atoms with Crippen LogP contribution in [-0.2, 0) is 4.79 Å². The van der Waals surface area contributed by atoms with Crippen molar-refractivity contribution in [1.29, 1.82) is 0 Å². The fourth-order valence-corrected chi connectivity index (χ4v) is 4.94. The first kappa shape index (κ1) is 24.0. The number of hydrogen-bond acceptors (Lipinski definition) is 6. The average Bonchev–Trinajstić information content (AvgIpc) is 2.93. The summed E-state index contributed by atoms with van der Waals surface area (Å²) < 4.78 is 5.55. The van der Waals surface area contributed by atoms with Crippen molar-refractivity contribution < 1.29 is 30.0 Å². The van der Waals surface area contributed by atoms with Crippen LogP contribution in [0, 0.1) is 5.92 Å². The minimum atomic E-state index is -0.804. The van der Waals surface area contributed by atoms with Crippen LogP contribution in [0.3, 0.4) is 0 Å². The number of aliphatic hydroxyl groups excluding tert-OH is 3. The molecule has 1 aromatic rings. The molecule has 162 valence electrons. The number of hydrogen-bond donors (Lipinski definition) is 4. The Morgan fingerprint density at radius 3 is 2.83 bits per heavy atom. The van der Waals surface area contributed by atoms with Crippen molar-refractivity contribution in [2.45, 2.75) is 55.7 Å². The Kier molecular flexibility index (Phi) is 10.3. The fraction of sp³-hybridized carbons (Fsp3) is 0.571. The molecule has 1 fully saturated rings. The van der Waals surface area contributed by atoms with Crippen LogP contribution in [0.2, 0.25) is 5.02 Å². The predicted octanol–water partition coefficient (Wildman–Crippen LogP) is 3.12. The highest BCUT2D eigenvalue weighted by molar-refractivity contribution is 8.00. The first-order valence-corrected chi connectivity index (χ1v) is 11.2. The standard InChI is InChI=1S/C21H29ClO6S/c22-14-6-5-7-16(10-14)28-12-15(23)13-29-21-17(18(24)11-19(21)25)8-3-1-2-4-9-20(26)27/h1,3,5-7,10,15,17-19,21,23-25H,2,4,8-9,11-13H2,(H,26,27)/b3-1+/t15-,17-,18-,19+,21?/m0/s1. The van der Waals surface area contributed by atoms with Crippen molar-refractivity contribution in [3.63, 3.8) is 0 Å². The zero-order valence-electron chi connectivity index (χ0n) is 16.2. The quantitative estimate of drug-likeness (QED) is 0.290. The molecule has 8 heteroatoms. The van der Waals surface area contributed by atoms with Crippen LogP contribution in [0.5, 0.6) is 5.75 Å². The van der Waals surface area contributed by atoms with Gasteiger partial charge in [-0.3, -0.25) is 4.79 Å². The molecular weight excluding hydrogens is 416 g/mol. The van der Waals surface area contributed by atoms with E-state index in [-0.39, 0.29) is 24.2 Å². The van der Waals surface area contributed by atoms with E-state index >= 15 is 0 Å². The molecule has 0 amide bonds. The van der Waals surface area contributed by atoms with Crippen molar-refractivity contribution in [2.75, 3.05) is 12.4 Å². The molecule has 1 aromatic carbocycles. The van der Waals surface area contributed by atoms with E-state index in [1.54, 1.807) is 24.3 Å². The number of carbonyl (C=O) groups is 1. The molecule has 0 heterocycles. The molecule has 5 atom stereocenters. The number of thioether (sulfide) groups is 1. The van der Waals surface area contributed by atoms with E-state index in [1.807, 2.05) is 12.2 Å². The summed E-state index contributed by atoms with van der Waals surface area (Å²) in [6.07, 6.45) is 4.28. The minimum absolute atomic E-state index is 0.105. The monoisotopic (exact) mass is 444 g/mol. The molecule has 1 aliphatic carbocycles. The van der Waals surface area contributed by atoms with E-state index in [0.717, 1.165) is 0 Å². The molecule has 6 nitrogen and oxygen atoms in total. The SMILES string of the molecule is O=C(O)CCC/C=C/C[C@@H]1C(SC[C@@H](O)COc2cccc(Cl)c2)[C@H](O)C[C@@H]1O. The van der Waals surface area contributed by atoms with Crippen LogP contribution in [-0.4, -0.2) is 62.3 Å². The Labute approximate surface area is 180 Å². The highest BCUT2D eigenvalue weighted by Crippen LogP contribution is 2.38.